The van der Waals surface area contributed by atoms with Crippen molar-refractivity contribution in [1.82, 2.24) is 0 Å². The van der Waals surface area contributed by atoms with Gasteiger partial charge in [0.25, 0.3) is 0 Å². The van der Waals surface area contributed by atoms with Crippen LogP contribution in [0, 0.1) is 0 Å². The van der Waals surface area contributed by atoms with Crippen molar-refractivity contribution >= 4 is 26.7 Å². The molecule has 2 aromatic rings. The van der Waals surface area contributed by atoms with Crippen molar-refractivity contribution in [3.8, 4) is 5.75 Å². The van der Waals surface area contributed by atoms with E-state index in [-0.39, 0.29) is 0 Å². The number of alkyl halides is 1. The number of phenols is 1. The molecule has 0 heterocycles. The van der Waals surface area contributed by atoms with Crippen LogP contribution in [0.3, 0.4) is 0 Å². The molecule has 0 aliphatic rings. The van der Waals surface area contributed by atoms with E-state index < -0.39 is 0 Å². The van der Waals surface area contributed by atoms with Crippen LogP contribution in [0.15, 0.2) is 36.4 Å². The molecule has 0 saturated heterocycles. The summed E-state index contributed by atoms with van der Waals surface area (Å²) >= 11 is 3.42. The lowest BCUT2D eigenvalue weighted by molar-refractivity contribution is 0.476. The minimum Gasteiger partial charge on any atom is -0.508 e. The SMILES string of the molecule is Oc1ccc2cccc(CBr)c2c1. The van der Waals surface area contributed by atoms with E-state index in [4.69, 9.17) is 0 Å². The monoisotopic (exact) mass is 236 g/mol. The van der Waals surface area contributed by atoms with Gasteiger partial charge in [0.15, 0.2) is 0 Å². The fourth-order valence-electron chi connectivity index (χ4n) is 1.44. The molecule has 0 aliphatic carbocycles. The number of benzene rings is 2. The zero-order valence-electron chi connectivity index (χ0n) is 7.00. The maximum absolute atomic E-state index is 9.33. The number of hydrogen-bond donors (Lipinski definition) is 1. The van der Waals surface area contributed by atoms with E-state index in [1.807, 2.05) is 18.2 Å². The second-order valence-corrected chi connectivity index (χ2v) is 3.52. The second kappa shape index (κ2) is 3.38. The van der Waals surface area contributed by atoms with Gasteiger partial charge in [-0.2, -0.15) is 0 Å². The third-order valence-electron chi connectivity index (χ3n) is 2.10. The maximum Gasteiger partial charge on any atom is 0.116 e. The van der Waals surface area contributed by atoms with Crippen LogP contribution in [-0.2, 0) is 5.33 Å². The molecular formula is C11H9BrO. The Morgan fingerprint density at radius 2 is 2.00 bits per heavy atom. The lowest BCUT2D eigenvalue weighted by Gasteiger charge is -2.03. The zero-order chi connectivity index (χ0) is 9.26. The summed E-state index contributed by atoms with van der Waals surface area (Å²) in [6, 6.07) is 11.6. The van der Waals surface area contributed by atoms with Gasteiger partial charge in [0.1, 0.15) is 5.75 Å². The Morgan fingerprint density at radius 1 is 1.15 bits per heavy atom. The van der Waals surface area contributed by atoms with Gasteiger partial charge in [-0.25, -0.2) is 0 Å². The van der Waals surface area contributed by atoms with E-state index in [2.05, 4.69) is 22.0 Å². The molecule has 0 amide bonds. The summed E-state index contributed by atoms with van der Waals surface area (Å²) in [7, 11) is 0. The van der Waals surface area contributed by atoms with Gasteiger partial charge in [-0.1, -0.05) is 40.2 Å². The van der Waals surface area contributed by atoms with E-state index in [0.717, 1.165) is 16.1 Å². The molecule has 0 aliphatic heterocycles. The van der Waals surface area contributed by atoms with Gasteiger partial charge in [0.05, 0.1) is 0 Å². The van der Waals surface area contributed by atoms with Crippen molar-refractivity contribution in [2.75, 3.05) is 0 Å². The molecule has 2 heteroatoms. The van der Waals surface area contributed by atoms with Crippen molar-refractivity contribution in [3.05, 3.63) is 42.0 Å². The van der Waals surface area contributed by atoms with Crippen molar-refractivity contribution < 1.29 is 5.11 Å². The third kappa shape index (κ3) is 1.54. The van der Waals surface area contributed by atoms with Gasteiger partial charge >= 0.3 is 0 Å². The van der Waals surface area contributed by atoms with E-state index in [1.54, 1.807) is 12.1 Å². The topological polar surface area (TPSA) is 20.2 Å². The zero-order valence-corrected chi connectivity index (χ0v) is 8.58. The van der Waals surface area contributed by atoms with Crippen LogP contribution in [0.2, 0.25) is 0 Å². The lowest BCUT2D eigenvalue weighted by Crippen LogP contribution is -1.80. The van der Waals surface area contributed by atoms with E-state index in [9.17, 15) is 5.11 Å². The van der Waals surface area contributed by atoms with E-state index in [1.165, 1.54) is 5.56 Å². The van der Waals surface area contributed by atoms with Gasteiger partial charge in [0.2, 0.25) is 0 Å². The highest BCUT2D eigenvalue weighted by molar-refractivity contribution is 9.08. The predicted octanol–water partition coefficient (Wildman–Crippen LogP) is 3.44. The first-order valence-corrected chi connectivity index (χ1v) is 5.20. The van der Waals surface area contributed by atoms with Crippen LogP contribution < -0.4 is 0 Å². The maximum atomic E-state index is 9.33. The normalized spacial score (nSPS) is 10.5. The standard InChI is InChI=1S/C11H9BrO/c12-7-9-3-1-2-8-4-5-10(13)6-11(8)9/h1-6,13H,7H2. The molecule has 1 nitrogen and oxygen atoms in total. The highest BCUT2D eigenvalue weighted by Crippen LogP contribution is 2.24. The predicted molar refractivity (Wildman–Crippen MR) is 58.2 cm³/mol. The quantitative estimate of drug-likeness (QED) is 0.753. The van der Waals surface area contributed by atoms with E-state index >= 15 is 0 Å². The molecule has 66 valence electrons. The molecule has 0 radical (unpaired) electrons. The van der Waals surface area contributed by atoms with Gasteiger partial charge in [-0.3, -0.25) is 0 Å². The summed E-state index contributed by atoms with van der Waals surface area (Å²) in [6.45, 7) is 0. The lowest BCUT2D eigenvalue weighted by atomic mass is 10.1. The fourth-order valence-corrected chi connectivity index (χ4v) is 1.93. The number of halogens is 1. The summed E-state index contributed by atoms with van der Waals surface area (Å²) in [5, 5.41) is 12.4. The Balaban J connectivity index is 2.79. The highest BCUT2D eigenvalue weighted by atomic mass is 79.9. The molecule has 1 N–H and O–H groups in total. The van der Waals surface area contributed by atoms with Gasteiger partial charge in [-0.05, 0) is 28.5 Å². The number of fused-ring (bicyclic) bond motifs is 1. The first kappa shape index (κ1) is 8.57. The number of aromatic hydroxyl groups is 1. The summed E-state index contributed by atoms with van der Waals surface area (Å²) < 4.78 is 0. The summed E-state index contributed by atoms with van der Waals surface area (Å²) in [5.41, 5.74) is 1.20. The molecule has 0 unspecified atom stereocenters. The molecule has 0 atom stereocenters. The van der Waals surface area contributed by atoms with Crippen LogP contribution in [0.25, 0.3) is 10.8 Å². The minimum atomic E-state index is 0.320. The van der Waals surface area contributed by atoms with Crippen molar-refractivity contribution in [1.29, 1.82) is 0 Å². The van der Waals surface area contributed by atoms with Crippen LogP contribution in [0.1, 0.15) is 5.56 Å². The molecule has 0 aromatic heterocycles. The average Bonchev–Trinajstić information content (AvgIpc) is 2.17. The summed E-state index contributed by atoms with van der Waals surface area (Å²) in [6.07, 6.45) is 0. The molecule has 0 bridgehead atoms. The Morgan fingerprint density at radius 3 is 2.77 bits per heavy atom. The first-order chi connectivity index (χ1) is 6.31. The summed E-state index contributed by atoms with van der Waals surface area (Å²) in [4.78, 5) is 0. The molecule has 2 aromatic carbocycles. The number of phenolic OH excluding ortho intramolecular Hbond substituents is 1. The average molecular weight is 237 g/mol. The van der Waals surface area contributed by atoms with Crippen LogP contribution in [0.5, 0.6) is 5.75 Å². The van der Waals surface area contributed by atoms with Crippen LogP contribution >= 0.6 is 15.9 Å². The third-order valence-corrected chi connectivity index (χ3v) is 2.70. The Bertz CT molecular complexity index is 437. The molecule has 0 saturated carbocycles. The highest BCUT2D eigenvalue weighted by Gasteiger charge is 1.99. The van der Waals surface area contributed by atoms with Crippen LogP contribution in [-0.4, -0.2) is 5.11 Å². The summed E-state index contributed by atoms with van der Waals surface area (Å²) in [5.74, 6) is 0.320. The van der Waals surface area contributed by atoms with E-state index in [0.29, 0.717) is 5.75 Å². The Hall–Kier alpha value is -1.02. The smallest absolute Gasteiger partial charge is 0.116 e. The van der Waals surface area contributed by atoms with Crippen LogP contribution in [0.4, 0.5) is 0 Å². The number of rotatable bonds is 1. The van der Waals surface area contributed by atoms with Gasteiger partial charge < -0.3 is 5.11 Å². The van der Waals surface area contributed by atoms with Crippen molar-refractivity contribution in [3.63, 3.8) is 0 Å². The van der Waals surface area contributed by atoms with Gasteiger partial charge in [-0.15, -0.1) is 0 Å². The molecule has 2 rings (SSSR count). The Kier molecular flexibility index (Phi) is 2.23. The van der Waals surface area contributed by atoms with Crippen molar-refractivity contribution in [2.24, 2.45) is 0 Å². The fraction of sp³-hybridized carbons (Fsp3) is 0.0909. The second-order valence-electron chi connectivity index (χ2n) is 2.96. The first-order valence-electron chi connectivity index (χ1n) is 4.08. The van der Waals surface area contributed by atoms with Gasteiger partial charge in [0, 0.05) is 5.33 Å². The largest absolute Gasteiger partial charge is 0.508 e. The Labute approximate surface area is 85.1 Å². The molecule has 0 spiro atoms. The number of hydrogen-bond acceptors (Lipinski definition) is 1. The molecular weight excluding hydrogens is 228 g/mol. The van der Waals surface area contributed by atoms with Crippen molar-refractivity contribution in [2.45, 2.75) is 5.33 Å². The molecule has 0 fully saturated rings. The molecule has 13 heavy (non-hydrogen) atoms. The minimum absolute atomic E-state index is 0.320.